The van der Waals surface area contributed by atoms with Gasteiger partial charge in [-0.3, -0.25) is 9.78 Å². The minimum absolute atomic E-state index is 0.0238. The van der Waals surface area contributed by atoms with Crippen LogP contribution in [-0.4, -0.2) is 25.9 Å². The van der Waals surface area contributed by atoms with Crippen LogP contribution in [0.4, 0.5) is 0 Å². The molecule has 0 fully saturated rings. The van der Waals surface area contributed by atoms with Crippen molar-refractivity contribution in [1.82, 2.24) is 20.1 Å². The summed E-state index contributed by atoms with van der Waals surface area (Å²) in [5.74, 6) is 0.617. The quantitative estimate of drug-likeness (QED) is 0.730. The molecule has 0 N–H and O–H groups in total. The Hall–Kier alpha value is -2.11. The van der Waals surface area contributed by atoms with E-state index in [9.17, 15) is 4.79 Å². The Balaban J connectivity index is 2.24. The van der Waals surface area contributed by atoms with E-state index < -0.39 is 0 Å². The smallest absolute Gasteiger partial charge is 0.234 e. The van der Waals surface area contributed by atoms with E-state index in [0.717, 1.165) is 0 Å². The Morgan fingerprint density at radius 3 is 3.00 bits per heavy atom. The maximum absolute atomic E-state index is 10.8. The fourth-order valence-corrected chi connectivity index (χ4v) is 1.06. The summed E-state index contributed by atoms with van der Waals surface area (Å²) in [6, 6.07) is 0. The van der Waals surface area contributed by atoms with E-state index in [1.807, 2.05) is 0 Å². The van der Waals surface area contributed by atoms with Crippen LogP contribution in [0.5, 0.6) is 0 Å². The van der Waals surface area contributed by atoms with Gasteiger partial charge in [0.2, 0.25) is 11.7 Å². The lowest BCUT2D eigenvalue weighted by atomic mass is 10.3. The molecule has 0 amide bonds. The van der Waals surface area contributed by atoms with E-state index in [1.165, 1.54) is 19.3 Å². The number of Topliss-reactive ketones (excluding diaryl/α,β-unsaturated/α-hetero) is 1. The summed E-state index contributed by atoms with van der Waals surface area (Å²) >= 11 is 0. The van der Waals surface area contributed by atoms with Crippen LogP contribution in [-0.2, 0) is 11.2 Å². The molecular weight excluding hydrogens is 196 g/mol. The van der Waals surface area contributed by atoms with E-state index in [4.69, 9.17) is 4.52 Å². The lowest BCUT2D eigenvalue weighted by molar-refractivity contribution is -0.116. The molecule has 2 aromatic rings. The fourth-order valence-electron chi connectivity index (χ4n) is 1.06. The second kappa shape index (κ2) is 3.95. The first kappa shape index (κ1) is 9.45. The standard InChI is InChI=1S/C9H8N4O2/c1-6(14)4-8-12-9(13-15-8)7-5-10-2-3-11-7/h2-3,5H,4H2,1H3. The van der Waals surface area contributed by atoms with Gasteiger partial charge in [0.15, 0.2) is 0 Å². The highest BCUT2D eigenvalue weighted by Gasteiger charge is 2.10. The Kier molecular flexibility index (Phi) is 2.49. The monoisotopic (exact) mass is 204 g/mol. The second-order valence-corrected chi connectivity index (χ2v) is 2.98. The summed E-state index contributed by atoms with van der Waals surface area (Å²) in [7, 11) is 0. The zero-order chi connectivity index (χ0) is 10.7. The molecular formula is C9H8N4O2. The third-order valence-electron chi connectivity index (χ3n) is 1.66. The number of ketones is 1. The van der Waals surface area contributed by atoms with Crippen LogP contribution in [0.25, 0.3) is 11.5 Å². The fraction of sp³-hybridized carbons (Fsp3) is 0.222. The first-order chi connectivity index (χ1) is 7.25. The van der Waals surface area contributed by atoms with Crippen molar-refractivity contribution < 1.29 is 9.32 Å². The molecule has 0 radical (unpaired) electrons. The highest BCUT2D eigenvalue weighted by Crippen LogP contribution is 2.10. The molecule has 0 spiro atoms. The van der Waals surface area contributed by atoms with Crippen LogP contribution >= 0.6 is 0 Å². The zero-order valence-electron chi connectivity index (χ0n) is 8.04. The molecule has 0 bridgehead atoms. The minimum Gasteiger partial charge on any atom is -0.338 e. The number of hydrogen-bond acceptors (Lipinski definition) is 6. The molecule has 0 saturated heterocycles. The van der Waals surface area contributed by atoms with Crippen LogP contribution in [0.15, 0.2) is 23.1 Å². The largest absolute Gasteiger partial charge is 0.338 e. The molecule has 0 aliphatic rings. The van der Waals surface area contributed by atoms with Crippen molar-refractivity contribution in [2.75, 3.05) is 0 Å². The number of carbonyl (C=O) groups excluding carboxylic acids is 1. The van der Waals surface area contributed by atoms with Gasteiger partial charge in [0, 0.05) is 12.4 Å². The molecule has 2 heterocycles. The molecule has 6 heteroatoms. The first-order valence-corrected chi connectivity index (χ1v) is 4.34. The van der Waals surface area contributed by atoms with Crippen molar-refractivity contribution in [2.45, 2.75) is 13.3 Å². The van der Waals surface area contributed by atoms with E-state index in [-0.39, 0.29) is 12.2 Å². The lowest BCUT2D eigenvalue weighted by Gasteiger charge is -1.88. The van der Waals surface area contributed by atoms with E-state index in [0.29, 0.717) is 17.4 Å². The number of rotatable bonds is 3. The molecule has 0 aliphatic carbocycles. The first-order valence-electron chi connectivity index (χ1n) is 4.34. The lowest BCUT2D eigenvalue weighted by Crippen LogP contribution is -1.96. The number of carbonyl (C=O) groups is 1. The predicted molar refractivity (Wildman–Crippen MR) is 49.7 cm³/mol. The van der Waals surface area contributed by atoms with Gasteiger partial charge in [0.1, 0.15) is 11.5 Å². The topological polar surface area (TPSA) is 81.8 Å². The zero-order valence-corrected chi connectivity index (χ0v) is 8.04. The number of aromatic nitrogens is 4. The normalized spacial score (nSPS) is 10.2. The van der Waals surface area contributed by atoms with Crippen LogP contribution in [0, 0.1) is 0 Å². The van der Waals surface area contributed by atoms with Gasteiger partial charge in [-0.2, -0.15) is 4.98 Å². The minimum atomic E-state index is -0.0238. The van der Waals surface area contributed by atoms with Gasteiger partial charge in [0.25, 0.3) is 0 Å². The van der Waals surface area contributed by atoms with E-state index in [1.54, 1.807) is 6.20 Å². The summed E-state index contributed by atoms with van der Waals surface area (Å²) in [6.45, 7) is 1.46. The molecule has 76 valence electrons. The molecule has 0 aromatic carbocycles. The molecule has 0 unspecified atom stereocenters. The average molecular weight is 204 g/mol. The van der Waals surface area contributed by atoms with Gasteiger partial charge in [-0.15, -0.1) is 0 Å². The Morgan fingerprint density at radius 2 is 2.33 bits per heavy atom. The molecule has 15 heavy (non-hydrogen) atoms. The van der Waals surface area contributed by atoms with Crippen molar-refractivity contribution in [2.24, 2.45) is 0 Å². The number of nitrogens with zero attached hydrogens (tertiary/aromatic N) is 4. The van der Waals surface area contributed by atoms with Crippen molar-refractivity contribution in [1.29, 1.82) is 0 Å². The Bertz CT molecular complexity index is 466. The highest BCUT2D eigenvalue weighted by atomic mass is 16.5. The molecule has 2 aromatic heterocycles. The maximum atomic E-state index is 10.8. The summed E-state index contributed by atoms with van der Waals surface area (Å²) in [4.78, 5) is 22.7. The molecule has 0 aliphatic heterocycles. The van der Waals surface area contributed by atoms with Crippen LogP contribution in [0.1, 0.15) is 12.8 Å². The van der Waals surface area contributed by atoms with Crippen LogP contribution in [0.3, 0.4) is 0 Å². The van der Waals surface area contributed by atoms with Crippen molar-refractivity contribution in [3.05, 3.63) is 24.5 Å². The highest BCUT2D eigenvalue weighted by molar-refractivity contribution is 5.77. The molecule has 0 atom stereocenters. The van der Waals surface area contributed by atoms with E-state index >= 15 is 0 Å². The Labute approximate surface area is 85.4 Å². The summed E-state index contributed by atoms with van der Waals surface area (Å²) in [5.41, 5.74) is 0.524. The van der Waals surface area contributed by atoms with Gasteiger partial charge in [-0.25, -0.2) is 4.98 Å². The molecule has 6 nitrogen and oxygen atoms in total. The summed E-state index contributed by atoms with van der Waals surface area (Å²) in [5, 5.41) is 3.70. The second-order valence-electron chi connectivity index (χ2n) is 2.98. The van der Waals surface area contributed by atoms with Crippen LogP contribution < -0.4 is 0 Å². The van der Waals surface area contributed by atoms with E-state index in [2.05, 4.69) is 20.1 Å². The summed E-state index contributed by atoms with van der Waals surface area (Å²) < 4.78 is 4.88. The van der Waals surface area contributed by atoms with Gasteiger partial charge in [-0.05, 0) is 6.92 Å². The molecule has 2 rings (SSSR count). The SMILES string of the molecule is CC(=O)Cc1nc(-c2cnccn2)no1. The third-order valence-corrected chi connectivity index (χ3v) is 1.66. The van der Waals surface area contributed by atoms with Gasteiger partial charge >= 0.3 is 0 Å². The third kappa shape index (κ3) is 2.22. The van der Waals surface area contributed by atoms with Crippen molar-refractivity contribution >= 4 is 5.78 Å². The maximum Gasteiger partial charge on any atom is 0.234 e. The number of hydrogen-bond donors (Lipinski definition) is 0. The Morgan fingerprint density at radius 1 is 1.47 bits per heavy atom. The predicted octanol–water partition coefficient (Wildman–Crippen LogP) is 0.658. The van der Waals surface area contributed by atoms with Gasteiger partial charge in [-0.1, -0.05) is 5.16 Å². The van der Waals surface area contributed by atoms with Gasteiger partial charge in [0.05, 0.1) is 12.6 Å². The van der Waals surface area contributed by atoms with Crippen molar-refractivity contribution in [3.63, 3.8) is 0 Å². The summed E-state index contributed by atoms with van der Waals surface area (Å²) in [6.07, 6.45) is 4.77. The average Bonchev–Trinajstić information content (AvgIpc) is 2.67. The van der Waals surface area contributed by atoms with Crippen LogP contribution in [0.2, 0.25) is 0 Å². The van der Waals surface area contributed by atoms with Gasteiger partial charge < -0.3 is 4.52 Å². The molecule has 0 saturated carbocycles. The van der Waals surface area contributed by atoms with Crippen molar-refractivity contribution in [3.8, 4) is 11.5 Å².